The van der Waals surface area contributed by atoms with E-state index in [1.165, 1.54) is 19.2 Å². The Morgan fingerprint density at radius 1 is 1.28 bits per heavy atom. The Balaban J connectivity index is 1.60. The summed E-state index contributed by atoms with van der Waals surface area (Å²) >= 11 is 5.88. The number of alkyl halides is 2. The highest BCUT2D eigenvalue weighted by molar-refractivity contribution is 6.30. The van der Waals surface area contributed by atoms with Gasteiger partial charge in [0.15, 0.2) is 6.20 Å². The SMILES string of the molecule is CC(=O)N1CCC(Oc2cc(C(=O)NCc3ccc(Cl)cc3)[n+]([O-])cc2-c2cnn(C(F)F)c2)CC1. The lowest BCUT2D eigenvalue weighted by Crippen LogP contribution is -2.41. The van der Waals surface area contributed by atoms with Gasteiger partial charge in [0, 0.05) is 56.2 Å². The van der Waals surface area contributed by atoms with Crippen molar-refractivity contribution in [3.05, 3.63) is 70.4 Å². The molecule has 2 aromatic heterocycles. The molecule has 0 spiro atoms. The zero-order valence-corrected chi connectivity index (χ0v) is 20.1. The molecule has 0 aliphatic carbocycles. The Morgan fingerprint density at radius 2 is 1.97 bits per heavy atom. The molecule has 36 heavy (non-hydrogen) atoms. The number of rotatable bonds is 7. The first kappa shape index (κ1) is 25.4. The number of amides is 2. The summed E-state index contributed by atoms with van der Waals surface area (Å²) in [6.45, 7) is -0.183. The van der Waals surface area contributed by atoms with Crippen LogP contribution in [0.4, 0.5) is 8.78 Å². The fraction of sp³-hybridized carbons (Fsp3) is 0.333. The first-order chi connectivity index (χ1) is 17.2. The molecule has 12 heteroatoms. The van der Waals surface area contributed by atoms with Gasteiger partial charge in [0.2, 0.25) is 5.91 Å². The lowest BCUT2D eigenvalue weighted by molar-refractivity contribution is -0.607. The Morgan fingerprint density at radius 3 is 2.58 bits per heavy atom. The smallest absolute Gasteiger partial charge is 0.333 e. The van der Waals surface area contributed by atoms with E-state index in [1.807, 2.05) is 0 Å². The van der Waals surface area contributed by atoms with Crippen molar-refractivity contribution in [1.29, 1.82) is 0 Å². The highest BCUT2D eigenvalue weighted by atomic mass is 35.5. The minimum absolute atomic E-state index is 0.0275. The number of carbonyl (C=O) groups excluding carboxylic acids is 2. The molecule has 0 atom stereocenters. The van der Waals surface area contributed by atoms with Crippen molar-refractivity contribution in [2.45, 2.75) is 39.0 Å². The molecule has 0 unspecified atom stereocenters. The Labute approximate surface area is 210 Å². The third kappa shape index (κ3) is 5.91. The summed E-state index contributed by atoms with van der Waals surface area (Å²) in [6, 6.07) is 8.18. The largest absolute Gasteiger partial charge is 0.618 e. The summed E-state index contributed by atoms with van der Waals surface area (Å²) in [5.41, 5.74) is 1.03. The molecule has 0 radical (unpaired) electrons. The fourth-order valence-corrected chi connectivity index (χ4v) is 4.05. The van der Waals surface area contributed by atoms with Crippen molar-refractivity contribution in [3.63, 3.8) is 0 Å². The molecule has 1 aromatic carbocycles. The topological polar surface area (TPSA) is 103 Å². The molecule has 190 valence electrons. The van der Waals surface area contributed by atoms with E-state index in [1.54, 1.807) is 29.2 Å². The van der Waals surface area contributed by atoms with Gasteiger partial charge >= 0.3 is 12.5 Å². The van der Waals surface area contributed by atoms with Gasteiger partial charge in [0.25, 0.3) is 5.69 Å². The maximum absolute atomic E-state index is 13.1. The number of ether oxygens (including phenoxy) is 1. The van der Waals surface area contributed by atoms with Crippen molar-refractivity contribution in [2.24, 2.45) is 0 Å². The van der Waals surface area contributed by atoms with Gasteiger partial charge in [-0.2, -0.15) is 18.6 Å². The molecule has 9 nitrogen and oxygen atoms in total. The number of piperidine rings is 1. The second kappa shape index (κ2) is 10.9. The predicted octanol–water partition coefficient (Wildman–Crippen LogP) is 3.55. The molecule has 0 saturated carbocycles. The van der Waals surface area contributed by atoms with Crippen LogP contribution in [0.3, 0.4) is 0 Å². The maximum atomic E-state index is 13.1. The number of halogens is 3. The van der Waals surface area contributed by atoms with Gasteiger partial charge in [0.05, 0.1) is 17.8 Å². The Kier molecular flexibility index (Phi) is 7.68. The van der Waals surface area contributed by atoms with E-state index in [0.29, 0.717) is 40.4 Å². The van der Waals surface area contributed by atoms with Crippen LogP contribution in [-0.4, -0.2) is 45.7 Å². The quantitative estimate of drug-likeness (QED) is 0.380. The molecule has 1 aliphatic heterocycles. The van der Waals surface area contributed by atoms with Crippen molar-refractivity contribution < 1.29 is 27.8 Å². The minimum Gasteiger partial charge on any atom is -0.618 e. The lowest BCUT2D eigenvalue weighted by atomic mass is 10.1. The molecule has 1 saturated heterocycles. The molecule has 2 amide bonds. The van der Waals surface area contributed by atoms with Crippen molar-refractivity contribution in [3.8, 4) is 16.9 Å². The van der Waals surface area contributed by atoms with E-state index in [4.69, 9.17) is 16.3 Å². The van der Waals surface area contributed by atoms with Gasteiger partial charge in [-0.1, -0.05) is 23.7 Å². The van der Waals surface area contributed by atoms with Gasteiger partial charge in [-0.15, -0.1) is 0 Å². The molecule has 3 heterocycles. The van der Waals surface area contributed by atoms with Gasteiger partial charge in [-0.3, -0.25) is 9.59 Å². The Hall–Kier alpha value is -3.73. The number of pyridine rings is 1. The highest BCUT2D eigenvalue weighted by Gasteiger charge is 2.27. The van der Waals surface area contributed by atoms with Crippen molar-refractivity contribution in [2.75, 3.05) is 13.1 Å². The number of carbonyl (C=O) groups is 2. The molecule has 1 aliphatic rings. The molecule has 1 N–H and O–H groups in total. The minimum atomic E-state index is -2.85. The van der Waals surface area contributed by atoms with E-state index in [2.05, 4.69) is 10.4 Å². The van der Waals surface area contributed by atoms with Crippen LogP contribution in [0.1, 0.15) is 42.4 Å². The molecule has 4 rings (SSSR count). The normalized spacial score (nSPS) is 14.2. The van der Waals surface area contributed by atoms with Gasteiger partial charge < -0.3 is 20.2 Å². The second-order valence-electron chi connectivity index (χ2n) is 8.38. The van der Waals surface area contributed by atoms with Crippen LogP contribution in [0.15, 0.2) is 48.9 Å². The van der Waals surface area contributed by atoms with Crippen LogP contribution >= 0.6 is 11.6 Å². The van der Waals surface area contributed by atoms with E-state index in [0.717, 1.165) is 18.0 Å². The summed E-state index contributed by atoms with van der Waals surface area (Å²) in [7, 11) is 0. The number of benzene rings is 1. The zero-order valence-electron chi connectivity index (χ0n) is 19.4. The monoisotopic (exact) mass is 519 g/mol. The zero-order chi connectivity index (χ0) is 25.8. The number of aromatic nitrogens is 3. The Bertz CT molecular complexity index is 1240. The van der Waals surface area contributed by atoms with Crippen LogP contribution in [0.5, 0.6) is 5.75 Å². The van der Waals surface area contributed by atoms with Gasteiger partial charge in [0.1, 0.15) is 11.9 Å². The number of hydrogen-bond acceptors (Lipinski definition) is 5. The summed E-state index contributed by atoms with van der Waals surface area (Å²) in [6.07, 6.45) is 4.21. The fourth-order valence-electron chi connectivity index (χ4n) is 3.92. The van der Waals surface area contributed by atoms with E-state index in [-0.39, 0.29) is 41.1 Å². The van der Waals surface area contributed by atoms with Crippen LogP contribution < -0.4 is 14.8 Å². The third-order valence-corrected chi connectivity index (χ3v) is 6.16. The van der Waals surface area contributed by atoms with Crippen molar-refractivity contribution >= 4 is 23.4 Å². The van der Waals surface area contributed by atoms with Gasteiger partial charge in [-0.25, -0.2) is 4.68 Å². The molecular weight excluding hydrogens is 496 g/mol. The first-order valence-corrected chi connectivity index (χ1v) is 11.6. The summed E-state index contributed by atoms with van der Waals surface area (Å²) in [4.78, 5) is 26.2. The van der Waals surface area contributed by atoms with Crippen LogP contribution in [-0.2, 0) is 11.3 Å². The second-order valence-corrected chi connectivity index (χ2v) is 8.82. The first-order valence-electron chi connectivity index (χ1n) is 11.3. The molecule has 0 bridgehead atoms. The highest BCUT2D eigenvalue weighted by Crippen LogP contribution is 2.32. The standard InChI is InChI=1S/C24H24ClF2N5O4/c1-15(33)30-8-6-19(7-9-30)36-22-10-21(23(34)28-11-16-2-4-18(25)5-3-16)32(35)14-20(22)17-12-29-31(13-17)24(26)27/h2-5,10,12-14,19,24H,6-9,11H2,1H3,(H,28,34). The average Bonchev–Trinajstić information content (AvgIpc) is 3.35. The predicted molar refractivity (Wildman–Crippen MR) is 126 cm³/mol. The lowest BCUT2D eigenvalue weighted by Gasteiger charge is -2.31. The number of nitrogens with one attached hydrogen (secondary N) is 1. The molecular formula is C24H24ClF2N5O4. The van der Waals surface area contributed by atoms with Crippen molar-refractivity contribution in [1.82, 2.24) is 20.0 Å². The van der Waals surface area contributed by atoms with E-state index < -0.39 is 12.5 Å². The van der Waals surface area contributed by atoms with E-state index >= 15 is 0 Å². The van der Waals surface area contributed by atoms with Crippen LogP contribution in [0.25, 0.3) is 11.1 Å². The summed E-state index contributed by atoms with van der Waals surface area (Å²) < 4.78 is 33.1. The molecule has 3 aromatic rings. The maximum Gasteiger partial charge on any atom is 0.333 e. The summed E-state index contributed by atoms with van der Waals surface area (Å²) in [5.74, 6) is -0.472. The number of hydrogen-bond donors (Lipinski definition) is 1. The van der Waals surface area contributed by atoms with Crippen LogP contribution in [0.2, 0.25) is 5.02 Å². The summed E-state index contributed by atoms with van der Waals surface area (Å²) in [5, 5.41) is 19.7. The van der Waals surface area contributed by atoms with E-state index in [9.17, 15) is 23.6 Å². The van der Waals surface area contributed by atoms with Crippen LogP contribution in [0, 0.1) is 5.21 Å². The molecule has 1 fully saturated rings. The average molecular weight is 520 g/mol. The van der Waals surface area contributed by atoms with Gasteiger partial charge in [-0.05, 0) is 17.7 Å². The number of likely N-dealkylation sites (tertiary alicyclic amines) is 1. The number of nitrogens with zero attached hydrogens (tertiary/aromatic N) is 4. The third-order valence-electron chi connectivity index (χ3n) is 5.91.